The number of carboxylic acid groups (broad SMARTS) is 1. The minimum absolute atomic E-state index is 0.0378. The van der Waals surface area contributed by atoms with Crippen molar-refractivity contribution in [3.05, 3.63) is 48.3 Å². The maximum Gasteiger partial charge on any atom is 0.305 e. The van der Waals surface area contributed by atoms with Gasteiger partial charge in [0, 0.05) is 13.6 Å². The highest BCUT2D eigenvalue weighted by atomic mass is 19.1. The van der Waals surface area contributed by atoms with E-state index in [2.05, 4.69) is 20.8 Å². The molecule has 168 valence electrons. The van der Waals surface area contributed by atoms with Gasteiger partial charge in [-0.2, -0.15) is 0 Å². The lowest BCUT2D eigenvalue weighted by molar-refractivity contribution is -0.136. The van der Waals surface area contributed by atoms with Crippen molar-refractivity contribution in [2.24, 2.45) is 11.3 Å². The maximum atomic E-state index is 14.3. The number of anilines is 1. The summed E-state index contributed by atoms with van der Waals surface area (Å²) < 4.78 is 20.5. The monoisotopic (exact) mass is 427 g/mol. The molecule has 1 aliphatic carbocycles. The Balaban J connectivity index is 1.64. The lowest BCUT2D eigenvalue weighted by atomic mass is 9.72. The van der Waals surface area contributed by atoms with Crippen molar-refractivity contribution in [3.8, 4) is 16.9 Å². The fraction of sp³-hybridized carbons (Fsp3) is 0.500. The highest BCUT2D eigenvalue weighted by molar-refractivity contribution is 5.70. The predicted molar refractivity (Wildman–Crippen MR) is 123 cm³/mol. The van der Waals surface area contributed by atoms with Gasteiger partial charge in [-0.1, -0.05) is 39.0 Å². The number of hydrogen-bond donors (Lipinski definition) is 1. The molecule has 0 amide bonds. The van der Waals surface area contributed by atoms with Gasteiger partial charge < -0.3 is 14.7 Å². The Morgan fingerprint density at radius 3 is 2.26 bits per heavy atom. The molecule has 1 N–H and O–H groups in total. The molecule has 1 fully saturated rings. The Hall–Kier alpha value is -2.56. The van der Waals surface area contributed by atoms with Crippen LogP contribution in [0.1, 0.15) is 52.9 Å². The molecule has 4 nitrogen and oxygen atoms in total. The molecule has 3 rings (SSSR count). The minimum atomic E-state index is -0.897. The van der Waals surface area contributed by atoms with Crippen LogP contribution in [0, 0.1) is 17.2 Å². The summed E-state index contributed by atoms with van der Waals surface area (Å²) in [5, 5.41) is 8.87. The summed E-state index contributed by atoms with van der Waals surface area (Å²) in [6.45, 7) is 7.22. The van der Waals surface area contributed by atoms with Crippen molar-refractivity contribution in [2.75, 3.05) is 18.5 Å². The number of halogens is 1. The summed E-state index contributed by atoms with van der Waals surface area (Å²) in [4.78, 5) is 12.4. The second kappa shape index (κ2) is 9.71. The molecule has 0 atom stereocenters. The second-order valence-corrected chi connectivity index (χ2v) is 9.71. The van der Waals surface area contributed by atoms with Crippen LogP contribution in [0.4, 0.5) is 10.1 Å². The molecule has 0 saturated heterocycles. The number of benzene rings is 2. The third kappa shape index (κ3) is 6.22. The molecule has 1 saturated carbocycles. The summed E-state index contributed by atoms with van der Waals surface area (Å²) in [5.74, 6) is 0.369. The van der Waals surface area contributed by atoms with Crippen molar-refractivity contribution in [3.63, 3.8) is 0 Å². The molecule has 0 aromatic heterocycles. The van der Waals surface area contributed by atoms with Crippen molar-refractivity contribution < 1.29 is 19.0 Å². The largest absolute Gasteiger partial charge is 0.490 e. The zero-order valence-electron chi connectivity index (χ0n) is 19.0. The molecule has 0 radical (unpaired) electrons. The van der Waals surface area contributed by atoms with Crippen LogP contribution in [0.25, 0.3) is 11.1 Å². The van der Waals surface area contributed by atoms with Gasteiger partial charge in [-0.05, 0) is 72.4 Å². The molecule has 0 heterocycles. The highest BCUT2D eigenvalue weighted by Gasteiger charge is 2.30. The van der Waals surface area contributed by atoms with Crippen LogP contribution in [0.15, 0.2) is 42.5 Å². The number of ether oxygens (including phenoxy) is 1. The van der Waals surface area contributed by atoms with Crippen LogP contribution in [0.2, 0.25) is 0 Å². The van der Waals surface area contributed by atoms with E-state index in [1.165, 1.54) is 18.9 Å². The molecule has 0 bridgehead atoms. The van der Waals surface area contributed by atoms with E-state index in [0.717, 1.165) is 35.6 Å². The van der Waals surface area contributed by atoms with E-state index >= 15 is 0 Å². The molecule has 0 unspecified atom stereocenters. The van der Waals surface area contributed by atoms with Crippen LogP contribution in [-0.4, -0.2) is 30.8 Å². The average Bonchev–Trinajstić information content (AvgIpc) is 2.73. The van der Waals surface area contributed by atoms with Gasteiger partial charge in [0.25, 0.3) is 0 Å². The standard InChI is InChI=1S/C26H34FNO3/c1-26(2,3)20-8-12-22(13-9-20)31-21-10-5-18(6-11-21)19-7-14-23(27)24(17-19)28(4)16-15-25(29)30/h5-7,10-11,14,17,20,22H,8-9,12-13,15-16H2,1-4H3,(H,29,30). The predicted octanol–water partition coefficient (Wildman–Crippen LogP) is 6.39. The van der Waals surface area contributed by atoms with Gasteiger partial charge in [-0.25, -0.2) is 4.39 Å². The third-order valence-corrected chi connectivity index (χ3v) is 6.41. The minimum Gasteiger partial charge on any atom is -0.490 e. The van der Waals surface area contributed by atoms with Crippen LogP contribution in [0.3, 0.4) is 0 Å². The summed E-state index contributed by atoms with van der Waals surface area (Å²) in [6, 6.07) is 12.9. The van der Waals surface area contributed by atoms with E-state index in [1.807, 2.05) is 24.3 Å². The Labute approximate surface area is 185 Å². The fourth-order valence-corrected chi connectivity index (χ4v) is 4.33. The van der Waals surface area contributed by atoms with Crippen molar-refractivity contribution >= 4 is 11.7 Å². The first-order valence-corrected chi connectivity index (χ1v) is 11.1. The molecule has 0 aliphatic heterocycles. The first-order valence-electron chi connectivity index (χ1n) is 11.1. The normalized spacial score (nSPS) is 19.1. The summed E-state index contributed by atoms with van der Waals surface area (Å²) >= 11 is 0. The smallest absolute Gasteiger partial charge is 0.305 e. The van der Waals surface area contributed by atoms with Crippen molar-refractivity contribution in [1.29, 1.82) is 0 Å². The van der Waals surface area contributed by atoms with E-state index in [4.69, 9.17) is 9.84 Å². The van der Waals surface area contributed by atoms with Gasteiger partial charge >= 0.3 is 5.97 Å². The third-order valence-electron chi connectivity index (χ3n) is 6.41. The molecular formula is C26H34FNO3. The fourth-order valence-electron chi connectivity index (χ4n) is 4.33. The number of hydrogen-bond acceptors (Lipinski definition) is 3. The van der Waals surface area contributed by atoms with E-state index in [0.29, 0.717) is 11.1 Å². The summed E-state index contributed by atoms with van der Waals surface area (Å²) in [6.07, 6.45) is 4.83. The van der Waals surface area contributed by atoms with Gasteiger partial charge in [-0.15, -0.1) is 0 Å². The van der Waals surface area contributed by atoms with Gasteiger partial charge in [0.1, 0.15) is 11.6 Å². The quantitative estimate of drug-likeness (QED) is 0.556. The first kappa shape index (κ1) is 23.1. The zero-order valence-corrected chi connectivity index (χ0v) is 19.0. The lowest BCUT2D eigenvalue weighted by Crippen LogP contribution is -2.30. The summed E-state index contributed by atoms with van der Waals surface area (Å²) in [5.41, 5.74) is 2.62. The SMILES string of the molecule is CN(CCC(=O)O)c1cc(-c2ccc(OC3CCC(C(C)(C)C)CC3)cc2)ccc1F. The highest BCUT2D eigenvalue weighted by Crippen LogP contribution is 2.39. The van der Waals surface area contributed by atoms with Crippen molar-refractivity contribution in [2.45, 2.75) is 59.0 Å². The van der Waals surface area contributed by atoms with E-state index in [-0.39, 0.29) is 24.9 Å². The second-order valence-electron chi connectivity index (χ2n) is 9.71. The van der Waals surface area contributed by atoms with Crippen LogP contribution < -0.4 is 9.64 Å². The Bertz CT molecular complexity index is 881. The van der Waals surface area contributed by atoms with E-state index in [1.54, 1.807) is 24.1 Å². The molecule has 1 aliphatic rings. The average molecular weight is 428 g/mol. The summed E-state index contributed by atoms with van der Waals surface area (Å²) in [7, 11) is 1.70. The van der Waals surface area contributed by atoms with E-state index in [9.17, 15) is 9.18 Å². The van der Waals surface area contributed by atoms with Crippen LogP contribution in [0.5, 0.6) is 5.75 Å². The number of nitrogens with zero attached hydrogens (tertiary/aromatic N) is 1. The topological polar surface area (TPSA) is 49.8 Å². The number of carboxylic acids is 1. The molecular weight excluding hydrogens is 393 g/mol. The molecule has 5 heteroatoms. The number of aliphatic carboxylic acids is 1. The number of rotatable bonds is 7. The van der Waals surface area contributed by atoms with Gasteiger partial charge in [0.05, 0.1) is 18.2 Å². The molecule has 2 aromatic carbocycles. The molecule has 31 heavy (non-hydrogen) atoms. The zero-order chi connectivity index (χ0) is 22.6. The Kier molecular flexibility index (Phi) is 7.24. The lowest BCUT2D eigenvalue weighted by Gasteiger charge is -2.36. The Morgan fingerprint density at radius 2 is 1.68 bits per heavy atom. The number of carbonyl (C=O) groups is 1. The van der Waals surface area contributed by atoms with Crippen LogP contribution >= 0.6 is 0 Å². The van der Waals surface area contributed by atoms with Gasteiger partial charge in [0.15, 0.2) is 0 Å². The van der Waals surface area contributed by atoms with Crippen molar-refractivity contribution in [1.82, 2.24) is 0 Å². The molecule has 2 aromatic rings. The van der Waals surface area contributed by atoms with Gasteiger partial charge in [-0.3, -0.25) is 4.79 Å². The van der Waals surface area contributed by atoms with E-state index < -0.39 is 5.97 Å². The van der Waals surface area contributed by atoms with Crippen LogP contribution in [-0.2, 0) is 4.79 Å². The van der Waals surface area contributed by atoms with Gasteiger partial charge in [0.2, 0.25) is 0 Å². The Morgan fingerprint density at radius 1 is 1.06 bits per heavy atom. The maximum absolute atomic E-state index is 14.3. The molecule has 0 spiro atoms. The first-order chi connectivity index (χ1) is 14.6.